The van der Waals surface area contributed by atoms with Crippen LogP contribution in [0.4, 0.5) is 0 Å². The van der Waals surface area contributed by atoms with E-state index >= 15 is 0 Å². The SMILES string of the molecule is CCc1nc2c(C)ccnc2n1Cc1ccc2c(c1)CCc1ccccc1C2Cc1noc(=O)[nH]1. The third kappa shape index (κ3) is 3.87. The molecule has 1 atom stereocenters. The standard InChI is InChI=1S/C28H27N5O2/c1-3-25-31-26-17(2)12-13-29-27(26)33(25)16-18-8-11-22-20(14-18)10-9-19-6-4-5-7-21(19)23(22)15-24-30-28(34)35-32-24/h4-8,11-14,23H,3,9-10,15-16H2,1-2H3,(H,30,32,34). The average molecular weight is 466 g/mol. The first-order chi connectivity index (χ1) is 17.1. The Morgan fingerprint density at radius 3 is 2.74 bits per heavy atom. The first-order valence-electron chi connectivity index (χ1n) is 12.2. The molecule has 6 rings (SSSR count). The van der Waals surface area contributed by atoms with Crippen LogP contribution in [-0.2, 0) is 32.2 Å². The van der Waals surface area contributed by atoms with E-state index in [1.54, 1.807) is 0 Å². The zero-order valence-electron chi connectivity index (χ0n) is 19.9. The van der Waals surface area contributed by atoms with Crippen LogP contribution in [0, 0.1) is 6.92 Å². The van der Waals surface area contributed by atoms with Gasteiger partial charge in [0.1, 0.15) is 11.3 Å². The molecule has 0 amide bonds. The fourth-order valence-electron chi connectivity index (χ4n) is 5.42. The maximum Gasteiger partial charge on any atom is 0.438 e. The molecule has 0 radical (unpaired) electrons. The Kier molecular flexibility index (Phi) is 5.32. The molecule has 2 aromatic carbocycles. The van der Waals surface area contributed by atoms with E-state index in [1.165, 1.54) is 27.8 Å². The Hall–Kier alpha value is -4.00. The summed E-state index contributed by atoms with van der Waals surface area (Å²) < 4.78 is 7.02. The van der Waals surface area contributed by atoms with Gasteiger partial charge in [-0.25, -0.2) is 14.8 Å². The number of hydrogen-bond donors (Lipinski definition) is 1. The Balaban J connectivity index is 1.41. The van der Waals surface area contributed by atoms with Crippen LogP contribution >= 0.6 is 0 Å². The summed E-state index contributed by atoms with van der Waals surface area (Å²) in [5, 5.41) is 3.95. The van der Waals surface area contributed by atoms with Crippen LogP contribution in [-0.4, -0.2) is 24.7 Å². The molecule has 3 heterocycles. The molecule has 176 valence electrons. The van der Waals surface area contributed by atoms with E-state index in [1.807, 2.05) is 12.3 Å². The van der Waals surface area contributed by atoms with Crippen molar-refractivity contribution in [3.05, 3.63) is 110 Å². The van der Waals surface area contributed by atoms with Gasteiger partial charge in [0.05, 0.1) is 6.54 Å². The van der Waals surface area contributed by atoms with Crippen LogP contribution in [0.25, 0.3) is 11.2 Å². The lowest BCUT2D eigenvalue weighted by atomic mass is 9.85. The number of H-pyrrole nitrogens is 1. The number of aromatic nitrogens is 5. The number of nitrogens with one attached hydrogen (secondary N) is 1. The minimum atomic E-state index is -0.513. The summed E-state index contributed by atoms with van der Waals surface area (Å²) in [6.45, 7) is 4.96. The summed E-state index contributed by atoms with van der Waals surface area (Å²) in [6, 6.07) is 17.4. The van der Waals surface area contributed by atoms with Gasteiger partial charge < -0.3 is 4.57 Å². The van der Waals surface area contributed by atoms with Crippen molar-refractivity contribution in [1.29, 1.82) is 0 Å². The zero-order valence-corrected chi connectivity index (χ0v) is 19.9. The second-order valence-electron chi connectivity index (χ2n) is 9.30. The fourth-order valence-corrected chi connectivity index (χ4v) is 5.42. The van der Waals surface area contributed by atoms with Crippen molar-refractivity contribution < 1.29 is 4.52 Å². The number of pyridine rings is 1. The molecule has 35 heavy (non-hydrogen) atoms. The Labute approximate surface area is 202 Å². The minimum Gasteiger partial charge on any atom is -0.308 e. The summed E-state index contributed by atoms with van der Waals surface area (Å²) in [7, 11) is 0. The highest BCUT2D eigenvalue weighted by Gasteiger charge is 2.25. The first-order valence-corrected chi connectivity index (χ1v) is 12.2. The number of hydrogen-bond acceptors (Lipinski definition) is 5. The van der Waals surface area contributed by atoms with E-state index < -0.39 is 5.76 Å². The van der Waals surface area contributed by atoms with Gasteiger partial charge >= 0.3 is 5.76 Å². The maximum absolute atomic E-state index is 11.6. The van der Waals surface area contributed by atoms with Crippen molar-refractivity contribution in [3.8, 4) is 0 Å². The number of aromatic amines is 1. The lowest BCUT2D eigenvalue weighted by molar-refractivity contribution is 0.380. The largest absolute Gasteiger partial charge is 0.438 e. The minimum absolute atomic E-state index is 0.100. The van der Waals surface area contributed by atoms with E-state index in [9.17, 15) is 4.79 Å². The number of nitrogens with zero attached hydrogens (tertiary/aromatic N) is 4. The lowest BCUT2D eigenvalue weighted by Crippen LogP contribution is -2.10. The van der Waals surface area contributed by atoms with Gasteiger partial charge in [-0.2, -0.15) is 0 Å². The van der Waals surface area contributed by atoms with E-state index in [-0.39, 0.29) is 5.92 Å². The normalized spacial score (nSPS) is 15.1. The molecule has 7 nitrogen and oxygen atoms in total. The molecular weight excluding hydrogens is 438 g/mol. The monoisotopic (exact) mass is 465 g/mol. The van der Waals surface area contributed by atoms with Crippen molar-refractivity contribution in [3.63, 3.8) is 0 Å². The van der Waals surface area contributed by atoms with Gasteiger partial charge in [-0.1, -0.05) is 54.5 Å². The Morgan fingerprint density at radius 1 is 1.09 bits per heavy atom. The van der Waals surface area contributed by atoms with Gasteiger partial charge in [-0.05, 0) is 59.2 Å². The predicted octanol–water partition coefficient (Wildman–Crippen LogP) is 4.50. The third-order valence-corrected chi connectivity index (χ3v) is 7.13. The number of fused-ring (bicyclic) bond motifs is 3. The summed E-state index contributed by atoms with van der Waals surface area (Å²) in [6.07, 6.45) is 5.25. The van der Waals surface area contributed by atoms with Crippen LogP contribution < -0.4 is 5.76 Å². The molecule has 1 unspecified atom stereocenters. The highest BCUT2D eigenvalue weighted by molar-refractivity contribution is 5.75. The van der Waals surface area contributed by atoms with Gasteiger partial charge in [0.2, 0.25) is 0 Å². The number of aryl methyl sites for hydroxylation is 4. The van der Waals surface area contributed by atoms with Crippen molar-refractivity contribution in [2.45, 2.75) is 52.0 Å². The molecule has 3 aromatic heterocycles. The molecule has 0 saturated heterocycles. The van der Waals surface area contributed by atoms with Crippen LogP contribution in [0.2, 0.25) is 0 Å². The molecule has 0 bridgehead atoms. The fraction of sp³-hybridized carbons (Fsp3) is 0.286. The Morgan fingerprint density at radius 2 is 1.91 bits per heavy atom. The predicted molar refractivity (Wildman–Crippen MR) is 134 cm³/mol. The summed E-state index contributed by atoms with van der Waals surface area (Å²) in [5.41, 5.74) is 9.56. The van der Waals surface area contributed by atoms with Gasteiger partial charge in [0, 0.05) is 25.0 Å². The van der Waals surface area contributed by atoms with Crippen molar-refractivity contribution in [2.24, 2.45) is 0 Å². The average Bonchev–Trinajstić information content (AvgIpc) is 3.41. The molecule has 1 aliphatic carbocycles. The topological polar surface area (TPSA) is 89.6 Å². The number of rotatable bonds is 5. The summed E-state index contributed by atoms with van der Waals surface area (Å²) in [4.78, 5) is 23.8. The highest BCUT2D eigenvalue weighted by atomic mass is 16.5. The van der Waals surface area contributed by atoms with Gasteiger partial charge in [0.15, 0.2) is 11.5 Å². The van der Waals surface area contributed by atoms with Gasteiger partial charge in [0.25, 0.3) is 0 Å². The highest BCUT2D eigenvalue weighted by Crippen LogP contribution is 2.36. The number of imidazole rings is 1. The quantitative estimate of drug-likeness (QED) is 0.413. The third-order valence-electron chi connectivity index (χ3n) is 7.13. The van der Waals surface area contributed by atoms with E-state index in [0.29, 0.717) is 12.2 Å². The molecule has 5 aromatic rings. The van der Waals surface area contributed by atoms with Crippen molar-refractivity contribution in [1.82, 2.24) is 24.7 Å². The Bertz CT molecular complexity index is 1590. The van der Waals surface area contributed by atoms with E-state index in [2.05, 4.69) is 76.0 Å². The molecule has 0 aliphatic heterocycles. The second-order valence-corrected chi connectivity index (χ2v) is 9.30. The second kappa shape index (κ2) is 8.65. The molecule has 0 saturated carbocycles. The lowest BCUT2D eigenvalue weighted by Gasteiger charge is -2.20. The van der Waals surface area contributed by atoms with Crippen molar-refractivity contribution >= 4 is 11.2 Å². The van der Waals surface area contributed by atoms with Crippen LogP contribution in [0.15, 0.2) is 64.0 Å². The molecule has 0 fully saturated rings. The number of benzene rings is 2. The maximum atomic E-state index is 11.6. The summed E-state index contributed by atoms with van der Waals surface area (Å²) >= 11 is 0. The van der Waals surface area contributed by atoms with Crippen LogP contribution in [0.3, 0.4) is 0 Å². The van der Waals surface area contributed by atoms with Gasteiger partial charge in [-0.3, -0.25) is 9.51 Å². The zero-order chi connectivity index (χ0) is 23.9. The van der Waals surface area contributed by atoms with Crippen LogP contribution in [0.1, 0.15) is 57.9 Å². The molecule has 7 heteroatoms. The first kappa shape index (κ1) is 21.5. The van der Waals surface area contributed by atoms with E-state index in [0.717, 1.165) is 48.4 Å². The van der Waals surface area contributed by atoms with E-state index in [4.69, 9.17) is 9.51 Å². The molecule has 1 N–H and O–H groups in total. The molecule has 0 spiro atoms. The molecular formula is C28H27N5O2. The van der Waals surface area contributed by atoms with Crippen LogP contribution in [0.5, 0.6) is 0 Å². The van der Waals surface area contributed by atoms with Crippen molar-refractivity contribution in [2.75, 3.05) is 0 Å². The van der Waals surface area contributed by atoms with Gasteiger partial charge in [-0.15, -0.1) is 0 Å². The summed E-state index contributed by atoms with van der Waals surface area (Å²) in [5.74, 6) is 1.21. The molecule has 1 aliphatic rings. The smallest absolute Gasteiger partial charge is 0.308 e.